The second-order valence-corrected chi connectivity index (χ2v) is 14.1. The van der Waals surface area contributed by atoms with Crippen molar-refractivity contribution in [1.82, 2.24) is 9.55 Å². The molecule has 9 aromatic carbocycles. The molecule has 0 saturated heterocycles. The van der Waals surface area contributed by atoms with Gasteiger partial charge in [-0.2, -0.15) is 0 Å². The molecule has 0 aliphatic carbocycles. The Hall–Kier alpha value is -7.43. The standard InChI is InChI=1S/C51H33N3O/c1-2-14-39(15-3-1)54-47-20-9-8-18-43(47)45-31-36(24-29-48(45)54)44-32-37(51-53-50-42-17-7-5-12-34(42)25-30-49(50)55-51)23-28-46(44)52-38-26-21-35(22-27-38)41-19-10-13-33-11-4-6-16-40(33)41/h1-32,52H. The molecule has 55 heavy (non-hydrogen) atoms. The Labute approximate surface area is 317 Å². The van der Waals surface area contributed by atoms with Crippen LogP contribution in [0.4, 0.5) is 11.4 Å². The minimum atomic E-state index is 0.598. The highest BCUT2D eigenvalue weighted by molar-refractivity contribution is 6.11. The molecule has 0 saturated carbocycles. The molecular formula is C51H33N3O. The van der Waals surface area contributed by atoms with Crippen LogP contribution >= 0.6 is 0 Å². The van der Waals surface area contributed by atoms with E-state index in [-0.39, 0.29) is 0 Å². The predicted octanol–water partition coefficient (Wildman–Crippen LogP) is 14.0. The van der Waals surface area contributed by atoms with Crippen molar-refractivity contribution in [2.45, 2.75) is 0 Å². The number of benzene rings is 9. The summed E-state index contributed by atoms with van der Waals surface area (Å²) in [6.07, 6.45) is 0. The molecule has 0 fully saturated rings. The lowest BCUT2D eigenvalue weighted by molar-refractivity contribution is 0.620. The fourth-order valence-corrected chi connectivity index (χ4v) is 8.17. The van der Waals surface area contributed by atoms with Gasteiger partial charge < -0.3 is 14.3 Å². The summed E-state index contributed by atoms with van der Waals surface area (Å²) in [5, 5.41) is 10.9. The van der Waals surface area contributed by atoms with Crippen molar-refractivity contribution in [3.8, 4) is 39.4 Å². The van der Waals surface area contributed by atoms with Crippen LogP contribution in [0.1, 0.15) is 0 Å². The van der Waals surface area contributed by atoms with Crippen molar-refractivity contribution >= 4 is 65.8 Å². The SMILES string of the molecule is c1ccc(-n2c3ccccc3c3cc(-c4cc(-c5nc6c(ccc7ccccc76)o5)ccc4Nc4ccc(-c5cccc6ccccc56)cc4)ccc32)cc1. The second-order valence-electron chi connectivity index (χ2n) is 14.1. The minimum absolute atomic E-state index is 0.598. The molecule has 0 spiro atoms. The summed E-state index contributed by atoms with van der Waals surface area (Å²) in [4.78, 5) is 5.06. The largest absolute Gasteiger partial charge is 0.436 e. The zero-order chi connectivity index (χ0) is 36.3. The van der Waals surface area contributed by atoms with E-state index in [9.17, 15) is 0 Å². The number of aromatic nitrogens is 2. The molecule has 4 heteroatoms. The van der Waals surface area contributed by atoms with Crippen LogP contribution in [-0.2, 0) is 0 Å². The van der Waals surface area contributed by atoms with Crippen LogP contribution < -0.4 is 5.32 Å². The summed E-state index contributed by atoms with van der Waals surface area (Å²) < 4.78 is 8.79. The third kappa shape index (κ3) is 5.26. The molecule has 11 rings (SSSR count). The van der Waals surface area contributed by atoms with E-state index < -0.39 is 0 Å². The van der Waals surface area contributed by atoms with E-state index in [1.807, 2.05) is 12.1 Å². The van der Waals surface area contributed by atoms with E-state index in [1.54, 1.807) is 0 Å². The predicted molar refractivity (Wildman–Crippen MR) is 229 cm³/mol. The maximum Gasteiger partial charge on any atom is 0.227 e. The van der Waals surface area contributed by atoms with Gasteiger partial charge in [0.2, 0.25) is 5.89 Å². The summed E-state index contributed by atoms with van der Waals surface area (Å²) >= 11 is 0. The zero-order valence-electron chi connectivity index (χ0n) is 29.8. The highest BCUT2D eigenvalue weighted by Gasteiger charge is 2.17. The van der Waals surface area contributed by atoms with Gasteiger partial charge in [0, 0.05) is 44.3 Å². The first-order valence-electron chi connectivity index (χ1n) is 18.6. The van der Waals surface area contributed by atoms with E-state index >= 15 is 0 Å². The van der Waals surface area contributed by atoms with Gasteiger partial charge in [-0.15, -0.1) is 0 Å². The van der Waals surface area contributed by atoms with Crippen LogP contribution in [0.3, 0.4) is 0 Å². The van der Waals surface area contributed by atoms with Gasteiger partial charge in [0.25, 0.3) is 0 Å². The molecule has 1 N–H and O–H groups in total. The maximum atomic E-state index is 6.44. The molecule has 0 unspecified atom stereocenters. The Kier molecular flexibility index (Phi) is 7.14. The van der Waals surface area contributed by atoms with Crippen LogP contribution in [0.2, 0.25) is 0 Å². The van der Waals surface area contributed by atoms with Crippen LogP contribution in [0.5, 0.6) is 0 Å². The lowest BCUT2D eigenvalue weighted by Gasteiger charge is -2.15. The van der Waals surface area contributed by atoms with Crippen LogP contribution in [0, 0.1) is 0 Å². The van der Waals surface area contributed by atoms with Crippen molar-refractivity contribution in [2.75, 3.05) is 5.32 Å². The lowest BCUT2D eigenvalue weighted by Crippen LogP contribution is -1.95. The molecule has 11 aromatic rings. The molecule has 0 amide bonds. The van der Waals surface area contributed by atoms with Gasteiger partial charge in [0.15, 0.2) is 5.58 Å². The van der Waals surface area contributed by atoms with Crippen molar-refractivity contribution in [2.24, 2.45) is 0 Å². The third-order valence-corrected chi connectivity index (χ3v) is 10.8. The fraction of sp³-hybridized carbons (Fsp3) is 0. The second kappa shape index (κ2) is 12.6. The Balaban J connectivity index is 1.05. The Morgan fingerprint density at radius 3 is 1.96 bits per heavy atom. The quantitative estimate of drug-likeness (QED) is 0.187. The molecule has 258 valence electrons. The van der Waals surface area contributed by atoms with Crippen LogP contribution in [0.25, 0.3) is 93.8 Å². The normalized spacial score (nSPS) is 11.6. The van der Waals surface area contributed by atoms with Gasteiger partial charge in [-0.05, 0) is 99.6 Å². The Morgan fingerprint density at radius 1 is 0.436 bits per heavy atom. The van der Waals surface area contributed by atoms with Crippen LogP contribution in [-0.4, -0.2) is 9.55 Å². The van der Waals surface area contributed by atoms with E-state index in [0.29, 0.717) is 5.89 Å². The van der Waals surface area contributed by atoms with Crippen molar-refractivity contribution < 1.29 is 4.42 Å². The van der Waals surface area contributed by atoms with Gasteiger partial charge in [0.05, 0.1) is 11.0 Å². The topological polar surface area (TPSA) is 43.0 Å². The number of para-hydroxylation sites is 2. The number of fused-ring (bicyclic) bond motifs is 7. The molecule has 0 aliphatic rings. The number of hydrogen-bond acceptors (Lipinski definition) is 3. The molecule has 0 bridgehead atoms. The average Bonchev–Trinajstić information content (AvgIpc) is 3.84. The summed E-state index contributed by atoms with van der Waals surface area (Å²) in [6.45, 7) is 0. The first-order valence-corrected chi connectivity index (χ1v) is 18.6. The van der Waals surface area contributed by atoms with E-state index in [1.165, 1.54) is 38.2 Å². The lowest BCUT2D eigenvalue weighted by atomic mass is 9.97. The summed E-state index contributed by atoms with van der Waals surface area (Å²) in [6, 6.07) is 68.7. The highest BCUT2D eigenvalue weighted by atomic mass is 16.3. The van der Waals surface area contributed by atoms with E-state index in [0.717, 1.165) is 61.1 Å². The number of anilines is 2. The Bertz CT molecular complexity index is 3220. The average molecular weight is 704 g/mol. The molecule has 4 nitrogen and oxygen atoms in total. The Morgan fingerprint density at radius 2 is 1.11 bits per heavy atom. The van der Waals surface area contributed by atoms with Crippen LogP contribution in [0.15, 0.2) is 199 Å². The molecule has 0 atom stereocenters. The number of nitrogens with zero attached hydrogens (tertiary/aromatic N) is 2. The van der Waals surface area contributed by atoms with Gasteiger partial charge in [-0.3, -0.25) is 0 Å². The first kappa shape index (κ1) is 31.1. The molecule has 2 aromatic heterocycles. The zero-order valence-corrected chi connectivity index (χ0v) is 29.8. The first-order chi connectivity index (χ1) is 27.2. The maximum absolute atomic E-state index is 6.44. The third-order valence-electron chi connectivity index (χ3n) is 10.8. The number of rotatable bonds is 6. The monoisotopic (exact) mass is 703 g/mol. The molecule has 2 heterocycles. The van der Waals surface area contributed by atoms with Gasteiger partial charge >= 0.3 is 0 Å². The molecule has 0 radical (unpaired) electrons. The fourth-order valence-electron chi connectivity index (χ4n) is 8.17. The van der Waals surface area contributed by atoms with Gasteiger partial charge in [0.1, 0.15) is 5.52 Å². The molecular weight excluding hydrogens is 671 g/mol. The smallest absolute Gasteiger partial charge is 0.227 e. The highest BCUT2D eigenvalue weighted by Crippen LogP contribution is 2.40. The molecule has 0 aliphatic heterocycles. The van der Waals surface area contributed by atoms with E-state index in [2.05, 4.69) is 192 Å². The van der Waals surface area contributed by atoms with Gasteiger partial charge in [-0.1, -0.05) is 127 Å². The number of nitrogens with one attached hydrogen (secondary N) is 1. The summed E-state index contributed by atoms with van der Waals surface area (Å²) in [5.41, 5.74) is 12.6. The number of hydrogen-bond donors (Lipinski definition) is 1. The van der Waals surface area contributed by atoms with Crippen molar-refractivity contribution in [1.29, 1.82) is 0 Å². The van der Waals surface area contributed by atoms with Crippen molar-refractivity contribution in [3.63, 3.8) is 0 Å². The minimum Gasteiger partial charge on any atom is -0.436 e. The van der Waals surface area contributed by atoms with E-state index in [4.69, 9.17) is 9.40 Å². The number of oxazole rings is 1. The summed E-state index contributed by atoms with van der Waals surface area (Å²) in [5.74, 6) is 0.598. The van der Waals surface area contributed by atoms with Gasteiger partial charge in [-0.25, -0.2) is 4.98 Å². The summed E-state index contributed by atoms with van der Waals surface area (Å²) in [7, 11) is 0. The van der Waals surface area contributed by atoms with Crippen molar-refractivity contribution in [3.05, 3.63) is 194 Å².